The molecule has 9 heteroatoms. The van der Waals surface area contributed by atoms with Gasteiger partial charge in [0.25, 0.3) is 0 Å². The van der Waals surface area contributed by atoms with E-state index in [1.807, 2.05) is 44.2 Å². The zero-order valence-electron chi connectivity index (χ0n) is 22.7. The molecule has 1 saturated carbocycles. The molecule has 208 valence electrons. The fraction of sp³-hybridized carbons (Fsp3) is 0.517. The molecule has 2 aromatic carbocycles. The number of carbonyl (C=O) groups is 2. The molecule has 0 unspecified atom stereocenters. The van der Waals surface area contributed by atoms with Gasteiger partial charge in [0.2, 0.25) is 21.8 Å². The summed E-state index contributed by atoms with van der Waals surface area (Å²) in [6, 6.07) is 14.3. The van der Waals surface area contributed by atoms with Crippen molar-refractivity contribution in [1.29, 1.82) is 0 Å². The number of nitrogens with zero attached hydrogens (tertiary/aromatic N) is 2. The minimum atomic E-state index is -3.59. The van der Waals surface area contributed by atoms with Crippen LogP contribution in [0.5, 0.6) is 0 Å². The Hall–Kier alpha value is -2.58. The maximum absolute atomic E-state index is 13.6. The van der Waals surface area contributed by atoms with E-state index in [1.165, 1.54) is 10.7 Å². The summed E-state index contributed by atoms with van der Waals surface area (Å²) < 4.78 is 26.5. The number of benzene rings is 2. The summed E-state index contributed by atoms with van der Waals surface area (Å²) in [5.74, 6) is -0.285. The Kier molecular flexibility index (Phi) is 11.0. The van der Waals surface area contributed by atoms with Gasteiger partial charge >= 0.3 is 0 Å². The van der Waals surface area contributed by atoms with Crippen LogP contribution in [0.15, 0.2) is 48.5 Å². The smallest absolute Gasteiger partial charge is 0.243 e. The fourth-order valence-corrected chi connectivity index (χ4v) is 6.26. The molecule has 0 saturated heterocycles. The third-order valence-corrected chi connectivity index (χ3v) is 8.54. The average Bonchev–Trinajstić information content (AvgIpc) is 2.88. The minimum Gasteiger partial charge on any atom is -0.352 e. The van der Waals surface area contributed by atoms with Crippen LogP contribution in [0.1, 0.15) is 69.4 Å². The summed E-state index contributed by atoms with van der Waals surface area (Å²) >= 11 is 6.14. The van der Waals surface area contributed by atoms with Crippen LogP contribution in [0.25, 0.3) is 0 Å². The molecule has 0 aliphatic heterocycles. The molecule has 2 amide bonds. The number of hydrogen-bond donors (Lipinski definition) is 1. The number of carbonyl (C=O) groups excluding carboxylic acids is 2. The van der Waals surface area contributed by atoms with Crippen molar-refractivity contribution in [1.82, 2.24) is 10.2 Å². The van der Waals surface area contributed by atoms with Gasteiger partial charge in [0.05, 0.1) is 11.9 Å². The van der Waals surface area contributed by atoms with Gasteiger partial charge in [-0.1, -0.05) is 74.2 Å². The summed E-state index contributed by atoms with van der Waals surface area (Å²) in [5, 5.41) is 3.63. The Morgan fingerprint density at radius 3 is 2.39 bits per heavy atom. The topological polar surface area (TPSA) is 86.8 Å². The largest absolute Gasteiger partial charge is 0.352 e. The number of halogens is 1. The van der Waals surface area contributed by atoms with Gasteiger partial charge in [-0.15, -0.1) is 0 Å². The standard InChI is InChI=1S/C29H40ClN3O4S/c1-4-26(29(35)31-25-14-9-6-10-15-25)32(21-23-12-7-5-8-13-23)28(34)16-11-19-33(38(3,36)37)27-20-24(30)18-17-22(27)2/h5,7-8,12-13,17-18,20,25-26H,4,6,9-11,14-16,19,21H2,1-3H3,(H,31,35)/t26-/m0/s1. The molecule has 0 radical (unpaired) electrons. The van der Waals surface area contributed by atoms with E-state index < -0.39 is 16.1 Å². The Morgan fingerprint density at radius 2 is 1.76 bits per heavy atom. The van der Waals surface area contributed by atoms with Gasteiger partial charge in [-0.05, 0) is 55.9 Å². The number of sulfonamides is 1. The highest BCUT2D eigenvalue weighted by atomic mass is 35.5. The minimum absolute atomic E-state index is 0.115. The Bertz CT molecular complexity index is 1180. The fourth-order valence-electron chi connectivity index (χ4n) is 5.08. The Labute approximate surface area is 232 Å². The van der Waals surface area contributed by atoms with Crippen LogP contribution >= 0.6 is 11.6 Å². The van der Waals surface area contributed by atoms with Gasteiger partial charge in [-0.25, -0.2) is 8.42 Å². The summed E-state index contributed by atoms with van der Waals surface area (Å²) in [6.45, 7) is 4.20. The first-order valence-electron chi connectivity index (χ1n) is 13.5. The lowest BCUT2D eigenvalue weighted by atomic mass is 9.95. The van der Waals surface area contributed by atoms with Crippen LogP contribution in [0.4, 0.5) is 5.69 Å². The van der Waals surface area contributed by atoms with E-state index in [0.29, 0.717) is 30.1 Å². The summed E-state index contributed by atoms with van der Waals surface area (Å²) in [6.07, 6.45) is 7.43. The lowest BCUT2D eigenvalue weighted by molar-refractivity contribution is -0.141. The first kappa shape index (κ1) is 30.0. The number of rotatable bonds is 12. The third kappa shape index (κ3) is 8.46. The van der Waals surface area contributed by atoms with Crippen molar-refractivity contribution in [2.75, 3.05) is 17.1 Å². The highest BCUT2D eigenvalue weighted by Gasteiger charge is 2.30. The van der Waals surface area contributed by atoms with Crippen LogP contribution in [-0.4, -0.2) is 50.0 Å². The van der Waals surface area contributed by atoms with Gasteiger partial charge in [-0.2, -0.15) is 0 Å². The van der Waals surface area contributed by atoms with Crippen molar-refractivity contribution in [3.63, 3.8) is 0 Å². The monoisotopic (exact) mass is 561 g/mol. The predicted octanol–water partition coefficient (Wildman–Crippen LogP) is 5.45. The number of hydrogen-bond acceptors (Lipinski definition) is 4. The zero-order chi connectivity index (χ0) is 27.7. The number of amides is 2. The highest BCUT2D eigenvalue weighted by molar-refractivity contribution is 7.92. The first-order valence-corrected chi connectivity index (χ1v) is 15.7. The molecule has 1 atom stereocenters. The second kappa shape index (κ2) is 14.0. The van der Waals surface area contributed by atoms with E-state index in [2.05, 4.69) is 5.32 Å². The van der Waals surface area contributed by atoms with Gasteiger partial charge < -0.3 is 10.2 Å². The van der Waals surface area contributed by atoms with Crippen molar-refractivity contribution < 1.29 is 18.0 Å². The Balaban J connectivity index is 1.75. The molecule has 1 N–H and O–H groups in total. The summed E-state index contributed by atoms with van der Waals surface area (Å²) in [5.41, 5.74) is 2.23. The van der Waals surface area contributed by atoms with E-state index in [1.54, 1.807) is 23.1 Å². The van der Waals surface area contributed by atoms with Crippen molar-refractivity contribution in [2.24, 2.45) is 0 Å². The van der Waals surface area contributed by atoms with Crippen molar-refractivity contribution in [3.8, 4) is 0 Å². The average molecular weight is 562 g/mol. The summed E-state index contributed by atoms with van der Waals surface area (Å²) in [7, 11) is -3.59. The van der Waals surface area contributed by atoms with Crippen molar-refractivity contribution in [2.45, 2.75) is 83.8 Å². The lowest BCUT2D eigenvalue weighted by Gasteiger charge is -2.33. The first-order chi connectivity index (χ1) is 18.1. The molecule has 7 nitrogen and oxygen atoms in total. The van der Waals surface area contributed by atoms with E-state index in [9.17, 15) is 18.0 Å². The molecule has 1 fully saturated rings. The van der Waals surface area contributed by atoms with Gasteiger partial charge in [0.15, 0.2) is 0 Å². The Morgan fingerprint density at radius 1 is 1.08 bits per heavy atom. The molecule has 2 aromatic rings. The molecule has 0 bridgehead atoms. The van der Waals surface area contributed by atoms with Crippen LogP contribution in [0.3, 0.4) is 0 Å². The lowest BCUT2D eigenvalue weighted by Crippen LogP contribution is -2.51. The van der Waals surface area contributed by atoms with Crippen LogP contribution in [0.2, 0.25) is 5.02 Å². The van der Waals surface area contributed by atoms with Crippen molar-refractivity contribution >= 4 is 39.1 Å². The van der Waals surface area contributed by atoms with Crippen molar-refractivity contribution in [3.05, 3.63) is 64.7 Å². The molecule has 3 rings (SSSR count). The van der Waals surface area contributed by atoms with Gasteiger partial charge in [0.1, 0.15) is 6.04 Å². The zero-order valence-corrected chi connectivity index (χ0v) is 24.2. The number of aryl methyl sites for hydroxylation is 1. The molecule has 38 heavy (non-hydrogen) atoms. The maximum Gasteiger partial charge on any atom is 0.243 e. The molecule has 0 aromatic heterocycles. The molecule has 1 aliphatic carbocycles. The second-order valence-corrected chi connectivity index (χ2v) is 12.5. The van der Waals surface area contributed by atoms with E-state index in [0.717, 1.165) is 43.1 Å². The molecular formula is C29H40ClN3O4S. The predicted molar refractivity (Wildman–Crippen MR) is 154 cm³/mol. The van der Waals surface area contributed by atoms with Crippen LogP contribution in [-0.2, 0) is 26.2 Å². The molecule has 0 heterocycles. The molecular weight excluding hydrogens is 522 g/mol. The van der Waals surface area contributed by atoms with E-state index in [-0.39, 0.29) is 30.8 Å². The molecule has 1 aliphatic rings. The summed E-state index contributed by atoms with van der Waals surface area (Å²) in [4.78, 5) is 28.6. The van der Waals surface area contributed by atoms with Crippen LogP contribution < -0.4 is 9.62 Å². The SMILES string of the molecule is CC[C@@H](C(=O)NC1CCCCC1)N(Cc1ccccc1)C(=O)CCCN(c1cc(Cl)ccc1C)S(C)(=O)=O. The quantitative estimate of drug-likeness (QED) is 0.373. The molecule has 0 spiro atoms. The third-order valence-electron chi connectivity index (χ3n) is 7.13. The normalized spacial score (nSPS) is 15.1. The second-order valence-electron chi connectivity index (χ2n) is 10.1. The maximum atomic E-state index is 13.6. The van der Waals surface area contributed by atoms with Crippen LogP contribution in [0, 0.1) is 6.92 Å². The highest BCUT2D eigenvalue weighted by Crippen LogP contribution is 2.27. The van der Waals surface area contributed by atoms with Gasteiger partial charge in [-0.3, -0.25) is 13.9 Å². The number of nitrogens with one attached hydrogen (secondary N) is 1. The van der Waals surface area contributed by atoms with Gasteiger partial charge in [0, 0.05) is 30.6 Å². The number of anilines is 1. The van der Waals surface area contributed by atoms with E-state index >= 15 is 0 Å². The van der Waals surface area contributed by atoms with E-state index in [4.69, 9.17) is 11.6 Å².